The molecule has 0 bridgehead atoms. The van der Waals surface area contributed by atoms with Crippen molar-refractivity contribution < 1.29 is 0 Å². The number of nitrogens with one attached hydrogen (secondary N) is 1. The Kier molecular flexibility index (Phi) is 5.20. The number of thiophene rings is 2. The lowest BCUT2D eigenvalue weighted by atomic mass is 10.1. The largest absolute Gasteiger partial charge is 0.309 e. The van der Waals surface area contributed by atoms with Crippen LogP contribution in [0.4, 0.5) is 0 Å². The first-order chi connectivity index (χ1) is 15.0. The molecule has 0 aliphatic heterocycles. The van der Waals surface area contributed by atoms with Gasteiger partial charge in [-0.1, -0.05) is 23.9 Å². The van der Waals surface area contributed by atoms with Gasteiger partial charge in [0.05, 0.1) is 16.3 Å². The van der Waals surface area contributed by atoms with Gasteiger partial charge in [0, 0.05) is 15.8 Å². The van der Waals surface area contributed by atoms with Crippen molar-refractivity contribution in [1.82, 2.24) is 30.2 Å². The number of hydrogen-bond acceptors (Lipinski definition) is 8. The smallest absolute Gasteiger partial charge is 0.260 e. The fourth-order valence-corrected chi connectivity index (χ4v) is 5.89. The molecule has 1 N–H and O–H groups in total. The molecule has 1 atom stereocenters. The Labute approximate surface area is 190 Å². The van der Waals surface area contributed by atoms with Gasteiger partial charge in [-0.3, -0.25) is 4.79 Å². The Morgan fingerprint density at radius 1 is 1.16 bits per heavy atom. The Hall–Kier alpha value is -2.82. The average Bonchev–Trinajstić information content (AvgIpc) is 3.50. The molecule has 0 saturated carbocycles. The number of aromatic amines is 1. The van der Waals surface area contributed by atoms with Crippen molar-refractivity contribution in [2.75, 3.05) is 0 Å². The first-order valence-electron chi connectivity index (χ1n) is 9.59. The van der Waals surface area contributed by atoms with Gasteiger partial charge in [0.25, 0.3) is 5.56 Å². The molecular weight excluding hydrogens is 448 g/mol. The fourth-order valence-electron chi connectivity index (χ4n) is 3.26. The van der Waals surface area contributed by atoms with E-state index in [0.29, 0.717) is 16.4 Å². The summed E-state index contributed by atoms with van der Waals surface area (Å²) in [5, 5.41) is 17.3. The van der Waals surface area contributed by atoms with Crippen molar-refractivity contribution in [1.29, 1.82) is 0 Å². The van der Waals surface area contributed by atoms with Gasteiger partial charge in [-0.25, -0.2) is 4.98 Å². The maximum absolute atomic E-state index is 12.9. The van der Waals surface area contributed by atoms with Gasteiger partial charge >= 0.3 is 0 Å². The number of nitrogens with zero attached hydrogens (tertiary/aromatic N) is 5. The van der Waals surface area contributed by atoms with E-state index in [9.17, 15) is 4.79 Å². The van der Waals surface area contributed by atoms with E-state index in [1.165, 1.54) is 34.2 Å². The van der Waals surface area contributed by atoms with Gasteiger partial charge in [-0.2, -0.15) is 4.68 Å². The van der Waals surface area contributed by atoms with Crippen LogP contribution in [0.1, 0.15) is 29.1 Å². The maximum Gasteiger partial charge on any atom is 0.260 e. The predicted octanol–water partition coefficient (Wildman–Crippen LogP) is 5.16. The number of H-pyrrole nitrogens is 1. The molecule has 0 saturated heterocycles. The van der Waals surface area contributed by atoms with Gasteiger partial charge < -0.3 is 4.98 Å². The molecule has 0 spiro atoms. The standard InChI is InChI=1S/C21H18N6OS3/c1-11-6-7-14(9-12(11)2)27-21(24-25-26-27)31-13(3)18-22-19(28)17-15(10-30-20(17)23-18)16-5-4-8-29-16/h4-10,13H,1-3H3,(H,22,23,28). The van der Waals surface area contributed by atoms with Crippen LogP contribution in [-0.2, 0) is 0 Å². The van der Waals surface area contributed by atoms with Crippen LogP contribution in [0, 0.1) is 13.8 Å². The van der Waals surface area contributed by atoms with Crippen LogP contribution in [0.15, 0.2) is 51.0 Å². The summed E-state index contributed by atoms with van der Waals surface area (Å²) in [5.41, 5.74) is 4.11. The second kappa shape index (κ2) is 8.03. The minimum Gasteiger partial charge on any atom is -0.309 e. The molecule has 0 aliphatic carbocycles. The van der Waals surface area contributed by atoms with Crippen LogP contribution in [0.2, 0.25) is 0 Å². The topological polar surface area (TPSA) is 89.3 Å². The third-order valence-corrected chi connectivity index (χ3v) is 7.91. The van der Waals surface area contributed by atoms with E-state index in [2.05, 4.69) is 46.5 Å². The van der Waals surface area contributed by atoms with Gasteiger partial charge in [0.1, 0.15) is 10.7 Å². The van der Waals surface area contributed by atoms with Crippen molar-refractivity contribution in [3.8, 4) is 16.1 Å². The third-order valence-electron chi connectivity index (χ3n) is 5.09. The number of benzene rings is 1. The third kappa shape index (κ3) is 3.71. The molecule has 5 rings (SSSR count). The van der Waals surface area contributed by atoms with E-state index in [-0.39, 0.29) is 10.8 Å². The predicted molar refractivity (Wildman–Crippen MR) is 126 cm³/mol. The molecule has 0 aliphatic rings. The van der Waals surface area contributed by atoms with Crippen LogP contribution < -0.4 is 5.56 Å². The number of tetrazole rings is 1. The number of thioether (sulfide) groups is 1. The molecule has 156 valence electrons. The lowest BCUT2D eigenvalue weighted by Crippen LogP contribution is -2.12. The quantitative estimate of drug-likeness (QED) is 0.360. The molecule has 31 heavy (non-hydrogen) atoms. The van der Waals surface area contributed by atoms with E-state index in [0.717, 1.165) is 21.0 Å². The second-order valence-corrected chi connectivity index (χ2v) is 10.3. The molecule has 5 aromatic rings. The summed E-state index contributed by atoms with van der Waals surface area (Å²) >= 11 is 4.56. The zero-order valence-corrected chi connectivity index (χ0v) is 19.4. The van der Waals surface area contributed by atoms with Crippen LogP contribution in [0.25, 0.3) is 26.3 Å². The molecule has 4 aromatic heterocycles. The molecule has 0 amide bonds. The Balaban J connectivity index is 1.47. The van der Waals surface area contributed by atoms with E-state index < -0.39 is 0 Å². The van der Waals surface area contributed by atoms with Crippen LogP contribution in [-0.4, -0.2) is 30.2 Å². The maximum atomic E-state index is 12.9. The SMILES string of the molecule is Cc1ccc(-n2nnnc2SC(C)c2nc3scc(-c4cccs4)c3c(=O)[nH]2)cc1C. The van der Waals surface area contributed by atoms with Crippen LogP contribution in [0.3, 0.4) is 0 Å². The first kappa shape index (κ1) is 20.1. The summed E-state index contributed by atoms with van der Waals surface area (Å²) < 4.78 is 1.71. The van der Waals surface area contributed by atoms with E-state index in [1.54, 1.807) is 16.0 Å². The molecule has 0 fully saturated rings. The first-order valence-corrected chi connectivity index (χ1v) is 12.2. The van der Waals surface area contributed by atoms with E-state index in [4.69, 9.17) is 4.98 Å². The minimum absolute atomic E-state index is 0.120. The van der Waals surface area contributed by atoms with Crippen molar-refractivity contribution in [3.05, 3.63) is 68.4 Å². The Bertz CT molecular complexity index is 1430. The highest BCUT2D eigenvalue weighted by molar-refractivity contribution is 7.99. The number of hydrogen-bond donors (Lipinski definition) is 1. The van der Waals surface area contributed by atoms with Crippen molar-refractivity contribution >= 4 is 44.7 Å². The van der Waals surface area contributed by atoms with Crippen molar-refractivity contribution in [2.24, 2.45) is 0 Å². The molecule has 1 aromatic carbocycles. The van der Waals surface area contributed by atoms with Crippen molar-refractivity contribution in [2.45, 2.75) is 31.2 Å². The monoisotopic (exact) mass is 466 g/mol. The van der Waals surface area contributed by atoms with Gasteiger partial charge in [0.2, 0.25) is 5.16 Å². The number of rotatable bonds is 5. The normalized spacial score (nSPS) is 12.5. The average molecular weight is 467 g/mol. The molecule has 4 heterocycles. The highest BCUT2D eigenvalue weighted by atomic mass is 32.2. The summed E-state index contributed by atoms with van der Waals surface area (Å²) in [6, 6.07) is 10.1. The molecular formula is C21H18N6OS3. The zero-order chi connectivity index (χ0) is 21.5. The Morgan fingerprint density at radius 2 is 2.03 bits per heavy atom. The highest BCUT2D eigenvalue weighted by Crippen LogP contribution is 2.36. The molecule has 10 heteroatoms. The minimum atomic E-state index is -0.138. The van der Waals surface area contributed by atoms with Gasteiger partial charge in [0.15, 0.2) is 0 Å². The lowest BCUT2D eigenvalue weighted by molar-refractivity contribution is 0.753. The molecule has 7 nitrogen and oxygen atoms in total. The summed E-state index contributed by atoms with van der Waals surface area (Å²) in [6.07, 6.45) is 0. The van der Waals surface area contributed by atoms with E-state index >= 15 is 0 Å². The number of fused-ring (bicyclic) bond motifs is 1. The fraction of sp³-hybridized carbons (Fsp3) is 0.190. The molecule has 1 unspecified atom stereocenters. The van der Waals surface area contributed by atoms with E-state index in [1.807, 2.05) is 35.9 Å². The van der Waals surface area contributed by atoms with Gasteiger partial charge in [-0.15, -0.1) is 27.8 Å². The second-order valence-electron chi connectivity index (χ2n) is 7.16. The highest BCUT2D eigenvalue weighted by Gasteiger charge is 2.20. The van der Waals surface area contributed by atoms with Gasteiger partial charge in [-0.05, 0) is 65.9 Å². The number of aryl methyl sites for hydroxylation is 2. The summed E-state index contributed by atoms with van der Waals surface area (Å²) in [6.45, 7) is 6.12. The lowest BCUT2D eigenvalue weighted by Gasteiger charge is -2.11. The summed E-state index contributed by atoms with van der Waals surface area (Å²) in [4.78, 5) is 22.4. The molecule has 0 radical (unpaired) electrons. The Morgan fingerprint density at radius 3 is 2.81 bits per heavy atom. The summed E-state index contributed by atoms with van der Waals surface area (Å²) in [5.74, 6) is 0.608. The summed E-state index contributed by atoms with van der Waals surface area (Å²) in [7, 11) is 0. The zero-order valence-electron chi connectivity index (χ0n) is 17.0. The van der Waals surface area contributed by atoms with Crippen LogP contribution >= 0.6 is 34.4 Å². The van der Waals surface area contributed by atoms with Crippen molar-refractivity contribution in [3.63, 3.8) is 0 Å². The van der Waals surface area contributed by atoms with Crippen LogP contribution in [0.5, 0.6) is 0 Å². The number of aromatic nitrogens is 6.